The summed E-state index contributed by atoms with van der Waals surface area (Å²) in [5.41, 5.74) is 3.88. The molecule has 3 heteroatoms. The van der Waals surface area contributed by atoms with Gasteiger partial charge in [-0.1, -0.05) is 73.9 Å². The summed E-state index contributed by atoms with van der Waals surface area (Å²) in [5.74, 6) is 0.173. The van der Waals surface area contributed by atoms with Gasteiger partial charge in [0, 0.05) is 12.6 Å². The van der Waals surface area contributed by atoms with E-state index in [-0.39, 0.29) is 18.0 Å². The minimum absolute atomic E-state index is 0.0316. The molecule has 2 atom stereocenters. The highest BCUT2D eigenvalue weighted by Gasteiger charge is 2.36. The van der Waals surface area contributed by atoms with E-state index in [4.69, 9.17) is 0 Å². The summed E-state index contributed by atoms with van der Waals surface area (Å²) in [7, 11) is 0. The van der Waals surface area contributed by atoms with E-state index in [2.05, 4.69) is 53.5 Å². The minimum atomic E-state index is -0.0610. The summed E-state index contributed by atoms with van der Waals surface area (Å²) in [6, 6.07) is 19.4. The molecule has 0 radical (unpaired) electrons. The molecule has 1 saturated carbocycles. The van der Waals surface area contributed by atoms with Crippen LogP contribution >= 0.6 is 0 Å². The molecule has 27 heavy (non-hydrogen) atoms. The zero-order valence-corrected chi connectivity index (χ0v) is 16.2. The first-order valence-corrected chi connectivity index (χ1v) is 10.4. The van der Waals surface area contributed by atoms with Crippen molar-refractivity contribution >= 4 is 5.91 Å². The predicted molar refractivity (Wildman–Crippen MR) is 109 cm³/mol. The number of benzene rings is 2. The van der Waals surface area contributed by atoms with Gasteiger partial charge in [-0.25, -0.2) is 0 Å². The fourth-order valence-electron chi connectivity index (χ4n) is 4.72. The number of carbonyl (C=O) groups is 1. The maximum Gasteiger partial charge on any atom is 0.238 e. The molecule has 0 bridgehead atoms. The number of fused-ring (bicyclic) bond motifs is 1. The minimum Gasteiger partial charge on any atom is -0.348 e. The van der Waals surface area contributed by atoms with Crippen molar-refractivity contribution in [1.82, 2.24) is 10.2 Å². The van der Waals surface area contributed by atoms with Crippen molar-refractivity contribution in [1.29, 1.82) is 0 Å². The molecule has 3 nitrogen and oxygen atoms in total. The van der Waals surface area contributed by atoms with Gasteiger partial charge in [-0.05, 0) is 42.9 Å². The third kappa shape index (κ3) is 4.08. The second-order valence-electron chi connectivity index (χ2n) is 8.09. The van der Waals surface area contributed by atoms with E-state index < -0.39 is 0 Å². The summed E-state index contributed by atoms with van der Waals surface area (Å²) in [6.07, 6.45) is 7.18. The van der Waals surface area contributed by atoms with Crippen LogP contribution in [0.15, 0.2) is 54.6 Å². The number of nitrogens with one attached hydrogen (secondary N) is 1. The van der Waals surface area contributed by atoms with Gasteiger partial charge in [0.15, 0.2) is 0 Å². The SMILES string of the molecule is C[C@H](NC(=O)[C@@H]1Cc2ccccc2CN1C1CCCCC1)c1ccccc1. The molecule has 1 aliphatic carbocycles. The Morgan fingerprint density at radius 3 is 2.37 bits per heavy atom. The Kier molecular flexibility index (Phi) is 5.58. The summed E-state index contributed by atoms with van der Waals surface area (Å²) in [5, 5.41) is 3.29. The summed E-state index contributed by atoms with van der Waals surface area (Å²) < 4.78 is 0. The Morgan fingerprint density at radius 1 is 0.963 bits per heavy atom. The van der Waals surface area contributed by atoms with Crippen LogP contribution in [0.1, 0.15) is 61.8 Å². The Balaban J connectivity index is 1.54. The number of amides is 1. The summed E-state index contributed by atoms with van der Waals surface area (Å²) >= 11 is 0. The average molecular weight is 363 g/mol. The van der Waals surface area contributed by atoms with Crippen molar-refractivity contribution in [2.24, 2.45) is 0 Å². The number of carbonyl (C=O) groups excluding carboxylic acids is 1. The lowest BCUT2D eigenvalue weighted by Gasteiger charge is -2.43. The van der Waals surface area contributed by atoms with Crippen LogP contribution in [0.4, 0.5) is 0 Å². The lowest BCUT2D eigenvalue weighted by molar-refractivity contribution is -0.129. The molecule has 1 fully saturated rings. The van der Waals surface area contributed by atoms with Crippen LogP contribution in [0.25, 0.3) is 0 Å². The Hall–Kier alpha value is -2.13. The molecule has 0 spiro atoms. The van der Waals surface area contributed by atoms with Crippen molar-refractivity contribution in [3.8, 4) is 0 Å². The summed E-state index contributed by atoms with van der Waals surface area (Å²) in [6.45, 7) is 2.98. The Bertz CT molecular complexity index is 767. The van der Waals surface area contributed by atoms with Gasteiger partial charge in [-0.15, -0.1) is 0 Å². The largest absolute Gasteiger partial charge is 0.348 e. The smallest absolute Gasteiger partial charge is 0.238 e. The molecule has 0 unspecified atom stereocenters. The average Bonchev–Trinajstić information content (AvgIpc) is 2.74. The van der Waals surface area contributed by atoms with Gasteiger partial charge in [0.1, 0.15) is 0 Å². The number of nitrogens with zero attached hydrogens (tertiary/aromatic N) is 1. The fraction of sp³-hybridized carbons (Fsp3) is 0.458. The van der Waals surface area contributed by atoms with Crippen molar-refractivity contribution < 1.29 is 4.79 Å². The molecular formula is C24H30N2O. The van der Waals surface area contributed by atoms with Crippen LogP contribution in [0.3, 0.4) is 0 Å². The van der Waals surface area contributed by atoms with E-state index in [1.807, 2.05) is 18.2 Å². The normalized spacial score (nSPS) is 22.0. The van der Waals surface area contributed by atoms with Gasteiger partial charge in [-0.2, -0.15) is 0 Å². The Morgan fingerprint density at radius 2 is 1.63 bits per heavy atom. The molecule has 142 valence electrons. The molecule has 1 N–H and O–H groups in total. The first kappa shape index (κ1) is 18.2. The highest BCUT2D eigenvalue weighted by atomic mass is 16.2. The molecule has 0 saturated heterocycles. The van der Waals surface area contributed by atoms with Crippen LogP contribution in [0, 0.1) is 0 Å². The predicted octanol–water partition coefficient (Wildman–Crippen LogP) is 4.62. The molecule has 0 aromatic heterocycles. The van der Waals surface area contributed by atoms with Crippen LogP contribution in [-0.2, 0) is 17.8 Å². The second-order valence-corrected chi connectivity index (χ2v) is 8.09. The molecule has 2 aromatic carbocycles. The van der Waals surface area contributed by atoms with E-state index in [9.17, 15) is 4.79 Å². The molecule has 2 aliphatic rings. The van der Waals surface area contributed by atoms with Gasteiger partial charge < -0.3 is 5.32 Å². The third-order valence-electron chi connectivity index (χ3n) is 6.29. The lowest BCUT2D eigenvalue weighted by atomic mass is 9.87. The van der Waals surface area contributed by atoms with E-state index in [0.717, 1.165) is 18.5 Å². The van der Waals surface area contributed by atoms with Crippen LogP contribution in [-0.4, -0.2) is 22.9 Å². The van der Waals surface area contributed by atoms with Crippen molar-refractivity contribution in [2.75, 3.05) is 0 Å². The molecule has 1 amide bonds. The highest BCUT2D eigenvalue weighted by Crippen LogP contribution is 2.31. The van der Waals surface area contributed by atoms with Crippen LogP contribution < -0.4 is 5.32 Å². The number of hydrogen-bond acceptors (Lipinski definition) is 2. The zero-order chi connectivity index (χ0) is 18.6. The van der Waals surface area contributed by atoms with Crippen molar-refractivity contribution in [3.05, 3.63) is 71.3 Å². The van der Waals surface area contributed by atoms with Crippen molar-refractivity contribution in [2.45, 2.75) is 70.1 Å². The van der Waals surface area contributed by atoms with Gasteiger partial charge in [0.25, 0.3) is 0 Å². The van der Waals surface area contributed by atoms with E-state index >= 15 is 0 Å². The molecule has 2 aromatic rings. The molecule has 1 aliphatic heterocycles. The standard InChI is InChI=1S/C24H30N2O/c1-18(19-10-4-2-5-11-19)25-24(27)23-16-20-12-8-9-13-21(20)17-26(23)22-14-6-3-7-15-22/h2,4-5,8-13,18,22-23H,3,6-7,14-17H2,1H3,(H,25,27)/t18-,23-/m0/s1. The van der Waals surface area contributed by atoms with Gasteiger partial charge in [0.05, 0.1) is 12.1 Å². The number of rotatable bonds is 4. The maximum atomic E-state index is 13.3. The van der Waals surface area contributed by atoms with E-state index in [0.29, 0.717) is 6.04 Å². The summed E-state index contributed by atoms with van der Waals surface area (Å²) in [4.78, 5) is 15.8. The monoisotopic (exact) mass is 362 g/mol. The second kappa shape index (κ2) is 8.26. The van der Waals surface area contributed by atoms with Crippen LogP contribution in [0.2, 0.25) is 0 Å². The molecule has 4 rings (SSSR count). The van der Waals surface area contributed by atoms with Gasteiger partial charge in [-0.3, -0.25) is 9.69 Å². The van der Waals surface area contributed by atoms with Gasteiger partial charge in [0.2, 0.25) is 5.91 Å². The molecule has 1 heterocycles. The fourth-order valence-corrected chi connectivity index (χ4v) is 4.72. The van der Waals surface area contributed by atoms with E-state index in [1.54, 1.807) is 0 Å². The first-order valence-electron chi connectivity index (χ1n) is 10.4. The topological polar surface area (TPSA) is 32.3 Å². The van der Waals surface area contributed by atoms with Crippen molar-refractivity contribution in [3.63, 3.8) is 0 Å². The number of hydrogen-bond donors (Lipinski definition) is 1. The molecular weight excluding hydrogens is 332 g/mol. The highest BCUT2D eigenvalue weighted by molar-refractivity contribution is 5.83. The first-order chi connectivity index (χ1) is 13.2. The van der Waals surface area contributed by atoms with Gasteiger partial charge >= 0.3 is 0 Å². The van der Waals surface area contributed by atoms with E-state index in [1.165, 1.54) is 43.2 Å². The lowest BCUT2D eigenvalue weighted by Crippen LogP contribution is -2.54. The third-order valence-corrected chi connectivity index (χ3v) is 6.29. The van der Waals surface area contributed by atoms with Crippen LogP contribution in [0.5, 0.6) is 0 Å². The maximum absolute atomic E-state index is 13.3. The zero-order valence-electron chi connectivity index (χ0n) is 16.2. The quantitative estimate of drug-likeness (QED) is 0.860. The Labute approximate surface area is 162 Å².